The van der Waals surface area contributed by atoms with Crippen LogP contribution in [-0.4, -0.2) is 16.5 Å². The highest BCUT2D eigenvalue weighted by Gasteiger charge is 2.01. The molecule has 2 N–H and O–H groups in total. The number of nitrogens with zero attached hydrogens (tertiary/aromatic N) is 2. The van der Waals surface area contributed by atoms with Gasteiger partial charge in [-0.05, 0) is 18.9 Å². The highest BCUT2D eigenvalue weighted by atomic mass is 15.1. The Morgan fingerprint density at radius 1 is 1.05 bits per heavy atom. The van der Waals surface area contributed by atoms with E-state index in [1.165, 1.54) is 5.56 Å². The van der Waals surface area contributed by atoms with Crippen LogP contribution in [0.4, 0.5) is 11.8 Å². The van der Waals surface area contributed by atoms with E-state index in [1.54, 1.807) is 0 Å². The molecule has 0 saturated heterocycles. The van der Waals surface area contributed by atoms with E-state index in [1.807, 2.05) is 31.2 Å². The van der Waals surface area contributed by atoms with Gasteiger partial charge in [0.2, 0.25) is 5.95 Å². The molecule has 4 heteroatoms. The number of nitrogens with one attached hydrogen (secondary N) is 2. The monoisotopic (exact) mass is 256 g/mol. The van der Waals surface area contributed by atoms with Crippen molar-refractivity contribution in [2.24, 2.45) is 0 Å². The summed E-state index contributed by atoms with van der Waals surface area (Å²) in [5, 5.41) is 6.54. The summed E-state index contributed by atoms with van der Waals surface area (Å²) in [6.45, 7) is 5.76. The second kappa shape index (κ2) is 6.73. The molecule has 0 amide bonds. The molecule has 0 fully saturated rings. The first-order valence-corrected chi connectivity index (χ1v) is 6.65. The van der Waals surface area contributed by atoms with Crippen LogP contribution in [-0.2, 0) is 6.54 Å². The third kappa shape index (κ3) is 4.25. The average Bonchev–Trinajstić information content (AvgIpc) is 2.43. The molecule has 19 heavy (non-hydrogen) atoms. The third-order valence-corrected chi connectivity index (χ3v) is 2.70. The number of rotatable bonds is 6. The molecule has 0 aliphatic carbocycles. The minimum atomic E-state index is 0.692. The zero-order valence-corrected chi connectivity index (χ0v) is 11.5. The van der Waals surface area contributed by atoms with Crippen LogP contribution >= 0.6 is 0 Å². The van der Waals surface area contributed by atoms with Crippen LogP contribution in [0.2, 0.25) is 0 Å². The quantitative estimate of drug-likeness (QED) is 0.833. The van der Waals surface area contributed by atoms with Gasteiger partial charge in [-0.2, -0.15) is 4.98 Å². The van der Waals surface area contributed by atoms with Crippen molar-refractivity contribution in [3.63, 3.8) is 0 Å². The molecule has 0 aliphatic rings. The number of aromatic nitrogens is 2. The summed E-state index contributed by atoms with van der Waals surface area (Å²) in [6.07, 6.45) is 1.06. The van der Waals surface area contributed by atoms with Gasteiger partial charge in [0.1, 0.15) is 5.82 Å². The van der Waals surface area contributed by atoms with Crippen molar-refractivity contribution in [1.29, 1.82) is 0 Å². The molecule has 0 spiro atoms. The van der Waals surface area contributed by atoms with E-state index < -0.39 is 0 Å². The largest absolute Gasteiger partial charge is 0.366 e. The number of hydrogen-bond acceptors (Lipinski definition) is 4. The van der Waals surface area contributed by atoms with Crippen LogP contribution in [0, 0.1) is 6.92 Å². The zero-order valence-electron chi connectivity index (χ0n) is 11.5. The lowest BCUT2D eigenvalue weighted by molar-refractivity contribution is 0.943. The van der Waals surface area contributed by atoms with Crippen LogP contribution in [0.5, 0.6) is 0 Å². The lowest BCUT2D eigenvalue weighted by Crippen LogP contribution is -2.08. The van der Waals surface area contributed by atoms with E-state index in [4.69, 9.17) is 0 Å². The lowest BCUT2D eigenvalue weighted by Gasteiger charge is -2.09. The van der Waals surface area contributed by atoms with Gasteiger partial charge in [0.15, 0.2) is 0 Å². The summed E-state index contributed by atoms with van der Waals surface area (Å²) in [5.41, 5.74) is 2.20. The van der Waals surface area contributed by atoms with E-state index in [2.05, 4.69) is 39.7 Å². The van der Waals surface area contributed by atoms with E-state index >= 15 is 0 Å². The molecule has 0 unspecified atom stereocenters. The summed E-state index contributed by atoms with van der Waals surface area (Å²) >= 11 is 0. The van der Waals surface area contributed by atoms with Crippen LogP contribution in [0.3, 0.4) is 0 Å². The number of anilines is 2. The van der Waals surface area contributed by atoms with E-state index in [-0.39, 0.29) is 0 Å². The van der Waals surface area contributed by atoms with Gasteiger partial charge in [0.25, 0.3) is 0 Å². The van der Waals surface area contributed by atoms with Crippen molar-refractivity contribution in [3.05, 3.63) is 47.7 Å². The van der Waals surface area contributed by atoms with Gasteiger partial charge in [0.05, 0.1) is 0 Å². The fourth-order valence-electron chi connectivity index (χ4n) is 1.76. The van der Waals surface area contributed by atoms with Gasteiger partial charge in [0, 0.05) is 24.8 Å². The molecule has 1 heterocycles. The standard InChI is InChI=1S/C15H20N4/c1-3-9-16-15-18-12(2)10-14(19-15)17-11-13-7-5-4-6-8-13/h4-8,10H,3,9,11H2,1-2H3,(H2,16,17,18,19). The van der Waals surface area contributed by atoms with Gasteiger partial charge in [-0.15, -0.1) is 0 Å². The summed E-state index contributed by atoms with van der Waals surface area (Å²) in [4.78, 5) is 8.82. The lowest BCUT2D eigenvalue weighted by atomic mass is 10.2. The number of benzene rings is 1. The van der Waals surface area contributed by atoms with Crippen molar-refractivity contribution in [2.45, 2.75) is 26.8 Å². The Labute approximate surface area is 114 Å². The Kier molecular flexibility index (Phi) is 4.72. The molecule has 4 nitrogen and oxygen atoms in total. The van der Waals surface area contributed by atoms with E-state index in [0.29, 0.717) is 5.95 Å². The average molecular weight is 256 g/mol. The SMILES string of the molecule is CCCNc1nc(C)cc(NCc2ccccc2)n1. The summed E-state index contributed by atoms with van der Waals surface area (Å²) in [5.74, 6) is 1.55. The first-order valence-electron chi connectivity index (χ1n) is 6.65. The maximum Gasteiger partial charge on any atom is 0.224 e. The smallest absolute Gasteiger partial charge is 0.224 e. The van der Waals surface area contributed by atoms with Crippen molar-refractivity contribution >= 4 is 11.8 Å². The van der Waals surface area contributed by atoms with E-state index in [9.17, 15) is 0 Å². The number of hydrogen-bond donors (Lipinski definition) is 2. The predicted molar refractivity (Wildman–Crippen MR) is 79.3 cm³/mol. The van der Waals surface area contributed by atoms with Gasteiger partial charge < -0.3 is 10.6 Å². The van der Waals surface area contributed by atoms with Gasteiger partial charge >= 0.3 is 0 Å². The summed E-state index contributed by atoms with van der Waals surface area (Å²) < 4.78 is 0. The fourth-order valence-corrected chi connectivity index (χ4v) is 1.76. The first kappa shape index (κ1) is 13.3. The van der Waals surface area contributed by atoms with Crippen molar-refractivity contribution < 1.29 is 0 Å². The molecule has 2 rings (SSSR count). The molecule has 1 aromatic heterocycles. The minimum Gasteiger partial charge on any atom is -0.366 e. The van der Waals surface area contributed by atoms with Crippen molar-refractivity contribution in [2.75, 3.05) is 17.2 Å². The highest BCUT2D eigenvalue weighted by Crippen LogP contribution is 2.11. The third-order valence-electron chi connectivity index (χ3n) is 2.70. The Bertz CT molecular complexity index is 511. The number of aryl methyl sites for hydroxylation is 1. The van der Waals surface area contributed by atoms with Gasteiger partial charge in [-0.3, -0.25) is 0 Å². The second-order valence-corrected chi connectivity index (χ2v) is 4.48. The Morgan fingerprint density at radius 2 is 1.84 bits per heavy atom. The van der Waals surface area contributed by atoms with Gasteiger partial charge in [-0.25, -0.2) is 4.98 Å². The molecule has 0 radical (unpaired) electrons. The van der Waals surface area contributed by atoms with E-state index in [0.717, 1.165) is 31.0 Å². The zero-order chi connectivity index (χ0) is 13.5. The molecule has 0 aliphatic heterocycles. The van der Waals surface area contributed by atoms with Crippen molar-refractivity contribution in [3.8, 4) is 0 Å². The fraction of sp³-hybridized carbons (Fsp3) is 0.333. The van der Waals surface area contributed by atoms with Crippen molar-refractivity contribution in [1.82, 2.24) is 9.97 Å². The normalized spacial score (nSPS) is 10.2. The molecule has 0 atom stereocenters. The maximum absolute atomic E-state index is 4.45. The minimum absolute atomic E-state index is 0.692. The Hall–Kier alpha value is -2.10. The Balaban J connectivity index is 2.01. The molecular formula is C15H20N4. The summed E-state index contributed by atoms with van der Waals surface area (Å²) in [7, 11) is 0. The molecule has 2 aromatic rings. The topological polar surface area (TPSA) is 49.8 Å². The molecule has 1 aromatic carbocycles. The molecule has 0 saturated carbocycles. The van der Waals surface area contributed by atoms with Crippen LogP contribution in [0.25, 0.3) is 0 Å². The maximum atomic E-state index is 4.45. The Morgan fingerprint density at radius 3 is 2.58 bits per heavy atom. The summed E-state index contributed by atoms with van der Waals surface area (Å²) in [6, 6.07) is 12.2. The molecular weight excluding hydrogens is 236 g/mol. The van der Waals surface area contributed by atoms with Crippen LogP contribution in [0.1, 0.15) is 24.6 Å². The van der Waals surface area contributed by atoms with Gasteiger partial charge in [-0.1, -0.05) is 37.3 Å². The predicted octanol–water partition coefficient (Wildman–Crippen LogP) is 3.22. The molecule has 0 bridgehead atoms. The van der Waals surface area contributed by atoms with Crippen LogP contribution in [0.15, 0.2) is 36.4 Å². The van der Waals surface area contributed by atoms with Crippen LogP contribution < -0.4 is 10.6 Å². The second-order valence-electron chi connectivity index (χ2n) is 4.48. The highest BCUT2D eigenvalue weighted by molar-refractivity contribution is 5.42. The first-order chi connectivity index (χ1) is 9.28. The molecule has 100 valence electrons.